The van der Waals surface area contributed by atoms with Gasteiger partial charge in [0.1, 0.15) is 5.82 Å². The van der Waals surface area contributed by atoms with Gasteiger partial charge in [-0.25, -0.2) is 12.8 Å². The van der Waals surface area contributed by atoms with Crippen molar-refractivity contribution in [1.82, 2.24) is 0 Å². The fourth-order valence-corrected chi connectivity index (χ4v) is 3.62. The van der Waals surface area contributed by atoms with E-state index < -0.39 is 15.8 Å². The zero-order valence-corrected chi connectivity index (χ0v) is 14.5. The van der Waals surface area contributed by atoms with E-state index in [0.717, 1.165) is 0 Å². The standard InChI is InChI=1S/C12H9BrFIN2O2S/c13-9-3-2-8(6-11(9)16)20(18,19)17-12-4-1-7(14)5-10(12)15/h1-6,17H,16H2. The minimum atomic E-state index is -3.77. The van der Waals surface area contributed by atoms with Crippen LogP contribution in [0.25, 0.3) is 0 Å². The molecule has 0 radical (unpaired) electrons. The zero-order chi connectivity index (χ0) is 14.9. The summed E-state index contributed by atoms with van der Waals surface area (Å²) in [6, 6.07) is 8.14. The predicted octanol–water partition coefficient (Wildman–Crippen LogP) is 3.58. The van der Waals surface area contributed by atoms with E-state index in [0.29, 0.717) is 19.4 Å². The summed E-state index contributed by atoms with van der Waals surface area (Å²) >= 11 is 5.06. The molecule has 3 N–H and O–H groups in total. The summed E-state index contributed by atoms with van der Waals surface area (Å²) in [6.07, 6.45) is 0. The number of anilines is 2. The maximum Gasteiger partial charge on any atom is 0.262 e. The summed E-state index contributed by atoms with van der Waals surface area (Å²) in [6.45, 7) is 0. The monoisotopic (exact) mass is 470 g/mol. The van der Waals surface area contributed by atoms with Crippen LogP contribution in [0, 0.1) is 9.39 Å². The number of nitrogens with two attached hydrogens (primary N) is 1. The van der Waals surface area contributed by atoms with Gasteiger partial charge >= 0.3 is 0 Å². The molecule has 106 valence electrons. The van der Waals surface area contributed by atoms with Crippen LogP contribution in [0.15, 0.2) is 45.8 Å². The van der Waals surface area contributed by atoms with Gasteiger partial charge in [-0.3, -0.25) is 4.72 Å². The van der Waals surface area contributed by atoms with Gasteiger partial charge in [0.2, 0.25) is 0 Å². The van der Waals surface area contributed by atoms with Gasteiger partial charge in [0.05, 0.1) is 10.6 Å². The second-order valence-electron chi connectivity index (χ2n) is 3.91. The van der Waals surface area contributed by atoms with E-state index >= 15 is 0 Å². The van der Waals surface area contributed by atoms with Crippen LogP contribution in [-0.4, -0.2) is 8.42 Å². The maximum atomic E-state index is 13.0. The van der Waals surface area contributed by atoms with Gasteiger partial charge in [0.25, 0.3) is 10.0 Å². The van der Waals surface area contributed by atoms with Crippen molar-refractivity contribution < 1.29 is 12.8 Å². The molecule has 0 atom stereocenters. The highest BCUT2D eigenvalue weighted by molar-refractivity contribution is 14.1. The van der Waals surface area contributed by atoms with Gasteiger partial charge in [-0.2, -0.15) is 0 Å². The smallest absolute Gasteiger partial charge is 0.262 e. The summed E-state index contributed by atoms with van der Waals surface area (Å²) in [7, 11) is -3.77. The molecule has 2 rings (SSSR count). The summed E-state index contributed by atoms with van der Waals surface area (Å²) in [5.74, 6) is -0.426. The highest BCUT2D eigenvalue weighted by Gasteiger charge is 2.16. The Hall–Kier alpha value is -0.870. The number of nitrogen functional groups attached to an aromatic ring is 1. The first-order chi connectivity index (χ1) is 9.29. The first kappa shape index (κ1) is 15.5. The second kappa shape index (κ2) is 5.86. The molecule has 20 heavy (non-hydrogen) atoms. The molecule has 2 aromatic rings. The number of rotatable bonds is 3. The molecule has 0 unspecified atom stereocenters. The van der Waals surface area contributed by atoms with Gasteiger partial charge in [-0.15, -0.1) is 0 Å². The fourth-order valence-electron chi connectivity index (χ4n) is 1.46. The third-order valence-corrected chi connectivity index (χ3v) is 5.43. The Balaban J connectivity index is 2.38. The van der Waals surface area contributed by atoms with Gasteiger partial charge in [-0.05, 0) is 74.9 Å². The number of hydrogen-bond donors (Lipinski definition) is 2. The first-order valence-electron chi connectivity index (χ1n) is 5.32. The van der Waals surface area contributed by atoms with Crippen molar-refractivity contribution in [3.05, 3.63) is 50.3 Å². The number of halogens is 3. The molecular formula is C12H9BrFIN2O2S. The summed E-state index contributed by atoms with van der Waals surface area (Å²) in [5.41, 5.74) is 6.30. The van der Waals surface area contributed by atoms with Crippen molar-refractivity contribution in [3.8, 4) is 0 Å². The number of hydrogen-bond acceptors (Lipinski definition) is 3. The molecule has 8 heteroatoms. The Morgan fingerprint density at radius 2 is 1.90 bits per heavy atom. The zero-order valence-electron chi connectivity index (χ0n) is 9.90. The number of sulfonamides is 1. The molecule has 0 heterocycles. The molecule has 2 aromatic carbocycles. The third kappa shape index (κ3) is 3.41. The summed E-state index contributed by atoms with van der Waals surface area (Å²) in [5, 5.41) is 0. The highest BCUT2D eigenvalue weighted by atomic mass is 127. The minimum Gasteiger partial charge on any atom is -0.398 e. The van der Waals surface area contributed by atoms with Crippen molar-refractivity contribution in [1.29, 1.82) is 0 Å². The Labute approximate surface area is 137 Å². The molecule has 0 fully saturated rings. The SMILES string of the molecule is Nc1cc(S(=O)(=O)Nc2ccc(F)cc2I)ccc1Br. The van der Waals surface area contributed by atoms with Crippen LogP contribution in [0.3, 0.4) is 0 Å². The normalized spacial score (nSPS) is 11.3. The van der Waals surface area contributed by atoms with Gasteiger partial charge in [0.15, 0.2) is 0 Å². The van der Waals surface area contributed by atoms with E-state index in [2.05, 4.69) is 20.7 Å². The molecule has 0 saturated heterocycles. The molecule has 0 bridgehead atoms. The molecule has 0 aromatic heterocycles. The van der Waals surface area contributed by atoms with E-state index in [4.69, 9.17) is 5.73 Å². The van der Waals surface area contributed by atoms with E-state index in [1.165, 1.54) is 30.3 Å². The molecular weight excluding hydrogens is 462 g/mol. The Bertz CT molecular complexity index is 768. The number of nitrogens with one attached hydrogen (secondary N) is 1. The minimum absolute atomic E-state index is 0.0401. The van der Waals surface area contributed by atoms with Crippen molar-refractivity contribution in [2.45, 2.75) is 4.90 Å². The Morgan fingerprint density at radius 1 is 1.20 bits per heavy atom. The number of benzene rings is 2. The first-order valence-corrected chi connectivity index (χ1v) is 8.68. The third-order valence-electron chi connectivity index (χ3n) is 2.45. The van der Waals surface area contributed by atoms with Crippen LogP contribution in [0.1, 0.15) is 0 Å². The van der Waals surface area contributed by atoms with Crippen LogP contribution in [-0.2, 0) is 10.0 Å². The molecule has 0 spiro atoms. The largest absolute Gasteiger partial charge is 0.398 e. The topological polar surface area (TPSA) is 72.2 Å². The van der Waals surface area contributed by atoms with Crippen molar-refractivity contribution in [2.24, 2.45) is 0 Å². The average Bonchev–Trinajstić information content (AvgIpc) is 2.36. The predicted molar refractivity (Wildman–Crippen MR) is 88.5 cm³/mol. The Kier molecular flexibility index (Phi) is 4.55. The molecule has 0 amide bonds. The summed E-state index contributed by atoms with van der Waals surface area (Å²) in [4.78, 5) is 0.0401. The molecule has 0 aliphatic heterocycles. The van der Waals surface area contributed by atoms with Crippen molar-refractivity contribution in [3.63, 3.8) is 0 Å². The van der Waals surface area contributed by atoms with Crippen LogP contribution >= 0.6 is 38.5 Å². The molecule has 0 saturated carbocycles. The quantitative estimate of drug-likeness (QED) is 0.532. The van der Waals surface area contributed by atoms with Crippen molar-refractivity contribution in [2.75, 3.05) is 10.5 Å². The lowest BCUT2D eigenvalue weighted by Crippen LogP contribution is -2.14. The van der Waals surface area contributed by atoms with E-state index in [1.807, 2.05) is 22.6 Å². The van der Waals surface area contributed by atoms with Crippen LogP contribution in [0.4, 0.5) is 15.8 Å². The van der Waals surface area contributed by atoms with Crippen LogP contribution in [0.2, 0.25) is 0 Å². The lowest BCUT2D eigenvalue weighted by atomic mass is 10.3. The van der Waals surface area contributed by atoms with Gasteiger partial charge < -0.3 is 5.73 Å². The summed E-state index contributed by atoms with van der Waals surface area (Å²) < 4.78 is 40.9. The van der Waals surface area contributed by atoms with Crippen LogP contribution in [0.5, 0.6) is 0 Å². The Morgan fingerprint density at radius 3 is 2.50 bits per heavy atom. The second-order valence-corrected chi connectivity index (χ2v) is 7.61. The maximum absolute atomic E-state index is 13.0. The van der Waals surface area contributed by atoms with Crippen molar-refractivity contribution >= 4 is 59.9 Å². The van der Waals surface area contributed by atoms with Crippen LogP contribution < -0.4 is 10.5 Å². The highest BCUT2D eigenvalue weighted by Crippen LogP contribution is 2.26. The van der Waals surface area contributed by atoms with E-state index in [-0.39, 0.29) is 4.90 Å². The molecule has 4 nitrogen and oxygen atoms in total. The van der Waals surface area contributed by atoms with E-state index in [1.54, 1.807) is 6.07 Å². The molecule has 0 aliphatic carbocycles. The van der Waals surface area contributed by atoms with Gasteiger partial charge in [0, 0.05) is 13.7 Å². The molecule has 0 aliphatic rings. The van der Waals surface area contributed by atoms with Gasteiger partial charge in [-0.1, -0.05) is 0 Å². The lowest BCUT2D eigenvalue weighted by molar-refractivity contribution is 0.601. The average molecular weight is 471 g/mol. The lowest BCUT2D eigenvalue weighted by Gasteiger charge is -2.10. The van der Waals surface area contributed by atoms with E-state index in [9.17, 15) is 12.8 Å². The fraction of sp³-hybridized carbons (Fsp3) is 0.